The molecule has 0 atom stereocenters. The van der Waals surface area contributed by atoms with Crippen LogP contribution in [0.15, 0.2) is 158 Å². The smallest absolute Gasteiger partial charge is 0.150 e. The van der Waals surface area contributed by atoms with Crippen molar-refractivity contribution in [3.63, 3.8) is 0 Å². The van der Waals surface area contributed by atoms with Gasteiger partial charge < -0.3 is 28.8 Å². The van der Waals surface area contributed by atoms with Crippen LogP contribution in [0.1, 0.15) is 63.8 Å². The number of ether oxygens (including phenoxy) is 2. The van der Waals surface area contributed by atoms with Gasteiger partial charge in [0, 0.05) is 43.8 Å². The first-order valence-corrected chi connectivity index (χ1v) is 22.8. The number of rotatable bonds is 9. The molecule has 0 aliphatic heterocycles. The Morgan fingerprint density at radius 3 is 1.02 bits per heavy atom. The largest absolute Gasteiger partial charge is 0.507 e. The van der Waals surface area contributed by atoms with E-state index in [1.165, 1.54) is 0 Å². The average Bonchev–Trinajstić information content (AvgIpc) is 3.83. The summed E-state index contributed by atoms with van der Waals surface area (Å²) in [6.07, 6.45) is 0.966. The van der Waals surface area contributed by atoms with E-state index in [1.807, 2.05) is 24.3 Å². The van der Waals surface area contributed by atoms with Gasteiger partial charge in [-0.15, -0.1) is 0 Å². The van der Waals surface area contributed by atoms with Crippen molar-refractivity contribution in [1.82, 2.24) is 9.13 Å². The van der Waals surface area contributed by atoms with Gasteiger partial charge in [-0.2, -0.15) is 0 Å². The zero-order chi connectivity index (χ0) is 46.1. The van der Waals surface area contributed by atoms with Crippen molar-refractivity contribution in [2.45, 2.75) is 65.2 Å². The fraction of sp³-hybridized carbons (Fsp3) is 0.200. The molecule has 330 valence electrons. The van der Waals surface area contributed by atoms with Crippen LogP contribution in [0, 0.1) is 0 Å². The molecule has 6 nitrogen and oxygen atoms in total. The van der Waals surface area contributed by atoms with Gasteiger partial charge in [-0.1, -0.05) is 151 Å². The number of aryl methyl sites for hydroxylation is 2. The lowest BCUT2D eigenvalue weighted by atomic mass is 9.81. The summed E-state index contributed by atoms with van der Waals surface area (Å²) < 4.78 is 17.2. The Balaban J connectivity index is 1.09. The van der Waals surface area contributed by atoms with Gasteiger partial charge in [0.1, 0.15) is 11.5 Å². The van der Waals surface area contributed by atoms with Gasteiger partial charge >= 0.3 is 0 Å². The third-order valence-electron chi connectivity index (χ3n) is 13.4. The second-order valence-electron chi connectivity index (χ2n) is 19.5. The first-order valence-electron chi connectivity index (χ1n) is 22.8. The topological polar surface area (TPSA) is 68.8 Å². The van der Waals surface area contributed by atoms with Crippen LogP contribution in [0.4, 0.5) is 0 Å². The number of fused-ring (bicyclic) bond motifs is 6. The first kappa shape index (κ1) is 42.5. The van der Waals surface area contributed by atoms with Crippen molar-refractivity contribution in [2.24, 2.45) is 0 Å². The van der Waals surface area contributed by atoms with E-state index in [2.05, 4.69) is 184 Å². The molecule has 0 bridgehead atoms. The second-order valence-corrected chi connectivity index (χ2v) is 19.5. The third kappa shape index (κ3) is 7.03. The Morgan fingerprint density at radius 2 is 0.712 bits per heavy atom. The Bertz CT molecular complexity index is 3160. The summed E-state index contributed by atoms with van der Waals surface area (Å²) in [7, 11) is 3.41. The van der Waals surface area contributed by atoms with Crippen LogP contribution < -0.4 is 9.47 Å². The van der Waals surface area contributed by atoms with Crippen LogP contribution in [-0.2, 0) is 23.7 Å². The number of hydrogen-bond acceptors (Lipinski definition) is 4. The number of methoxy groups -OCH3 is 2. The summed E-state index contributed by atoms with van der Waals surface area (Å²) in [6, 6.07) is 54.6. The molecular formula is C60H56N2O4. The maximum atomic E-state index is 12.5. The molecule has 2 heterocycles. The maximum absolute atomic E-state index is 12.5. The van der Waals surface area contributed by atoms with E-state index in [1.54, 1.807) is 14.2 Å². The highest BCUT2D eigenvalue weighted by Crippen LogP contribution is 2.48. The highest BCUT2D eigenvalue weighted by Gasteiger charge is 2.27. The molecule has 10 aromatic rings. The van der Waals surface area contributed by atoms with Gasteiger partial charge in [0.2, 0.25) is 0 Å². The Kier molecular flexibility index (Phi) is 10.4. The van der Waals surface area contributed by atoms with Crippen LogP contribution in [-0.4, -0.2) is 33.6 Å². The van der Waals surface area contributed by atoms with Crippen molar-refractivity contribution in [3.8, 4) is 56.6 Å². The zero-order valence-corrected chi connectivity index (χ0v) is 39.0. The molecule has 0 aliphatic carbocycles. The van der Waals surface area contributed by atoms with E-state index >= 15 is 0 Å². The predicted octanol–water partition coefficient (Wildman–Crippen LogP) is 15.0. The summed E-state index contributed by atoms with van der Waals surface area (Å²) in [5.74, 6) is 1.75. The normalized spacial score (nSPS) is 12.2. The zero-order valence-electron chi connectivity index (χ0n) is 39.0. The van der Waals surface area contributed by atoms with E-state index in [-0.39, 0.29) is 22.3 Å². The minimum Gasteiger partial charge on any atom is -0.507 e. The summed E-state index contributed by atoms with van der Waals surface area (Å²) in [5, 5.41) is 29.6. The number of phenols is 2. The number of aromatic nitrogens is 2. The first-order chi connectivity index (χ1) is 31.8. The maximum Gasteiger partial charge on any atom is 0.150 e. The lowest BCUT2D eigenvalue weighted by Gasteiger charge is -2.25. The molecule has 66 heavy (non-hydrogen) atoms. The number of aromatic hydroxyl groups is 2. The molecule has 0 amide bonds. The Morgan fingerprint density at radius 1 is 0.394 bits per heavy atom. The molecule has 0 saturated carbocycles. The lowest BCUT2D eigenvalue weighted by molar-refractivity contribution is 0.414. The third-order valence-corrected chi connectivity index (χ3v) is 13.4. The molecule has 6 heteroatoms. The van der Waals surface area contributed by atoms with Crippen LogP contribution in [0.5, 0.6) is 23.0 Å². The average molecular weight is 869 g/mol. The summed E-state index contributed by atoms with van der Waals surface area (Å²) in [5.41, 5.74) is 12.4. The molecule has 10 rings (SSSR count). The van der Waals surface area contributed by atoms with Crippen molar-refractivity contribution in [2.75, 3.05) is 14.2 Å². The minimum atomic E-state index is -0.228. The highest BCUT2D eigenvalue weighted by molar-refractivity contribution is 6.10. The summed E-state index contributed by atoms with van der Waals surface area (Å²) in [6.45, 7) is 13.2. The predicted molar refractivity (Wildman–Crippen MR) is 274 cm³/mol. The number of hydrogen-bond donors (Lipinski definition) is 2. The Labute approximate surface area is 386 Å². The van der Waals surface area contributed by atoms with Gasteiger partial charge in [0.25, 0.3) is 0 Å². The van der Waals surface area contributed by atoms with Crippen molar-refractivity contribution >= 4 is 43.6 Å². The van der Waals surface area contributed by atoms with E-state index in [0.29, 0.717) is 35.5 Å². The molecule has 8 aromatic carbocycles. The quantitative estimate of drug-likeness (QED) is 0.152. The van der Waals surface area contributed by atoms with Crippen LogP contribution in [0.2, 0.25) is 0 Å². The highest BCUT2D eigenvalue weighted by atomic mass is 16.5. The molecule has 2 N–H and O–H groups in total. The van der Waals surface area contributed by atoms with Crippen LogP contribution >= 0.6 is 0 Å². The summed E-state index contributed by atoms with van der Waals surface area (Å²) >= 11 is 0. The molecule has 0 spiro atoms. The molecule has 0 aliphatic rings. The van der Waals surface area contributed by atoms with Gasteiger partial charge in [0.15, 0.2) is 11.5 Å². The van der Waals surface area contributed by atoms with Crippen LogP contribution in [0.25, 0.3) is 77.2 Å². The van der Waals surface area contributed by atoms with Crippen molar-refractivity contribution in [1.29, 1.82) is 0 Å². The molecule has 0 radical (unpaired) electrons. The van der Waals surface area contributed by atoms with E-state index in [9.17, 15) is 10.2 Å². The fourth-order valence-electron chi connectivity index (χ4n) is 9.94. The molecule has 0 saturated heterocycles. The van der Waals surface area contributed by atoms with Gasteiger partial charge in [0.05, 0.1) is 47.7 Å². The molecule has 2 aromatic heterocycles. The Hall–Kier alpha value is -7.44. The van der Waals surface area contributed by atoms with Crippen LogP contribution in [0.3, 0.4) is 0 Å². The van der Waals surface area contributed by atoms with E-state index in [4.69, 9.17) is 9.47 Å². The lowest BCUT2D eigenvalue weighted by Crippen LogP contribution is -2.13. The minimum absolute atomic E-state index is 0.202. The van der Waals surface area contributed by atoms with E-state index < -0.39 is 0 Å². The SMILES string of the molecule is COc1c(-c2cc(C(C)(C)C)cc(CCc3cc(C(C)(C)C)cc(-c4cccc(-n5c6ccccc6c6ccccc65)c4OC)c3O)c2O)cccc1-n1c2ccccc2c2ccccc21. The molecule has 0 fully saturated rings. The van der Waals surface area contributed by atoms with Gasteiger partial charge in [-0.05, 0) is 94.5 Å². The number of nitrogens with zero attached hydrogens (tertiary/aromatic N) is 2. The van der Waals surface area contributed by atoms with Crippen molar-refractivity contribution in [3.05, 3.63) is 180 Å². The van der Waals surface area contributed by atoms with Gasteiger partial charge in [-0.25, -0.2) is 0 Å². The summed E-state index contributed by atoms with van der Waals surface area (Å²) in [4.78, 5) is 0. The molecule has 0 unspecified atom stereocenters. The molecular weight excluding hydrogens is 813 g/mol. The standard InChI is InChI=1S/C60H56N2O4/c1-59(2,3)39-33-37(55(63)47(35-39)45-23-17-29-53(57(45)65-7)61-49-25-13-9-19-41(49)42-20-10-14-26-50(42)61)31-32-38-34-40(60(4,5)6)36-48(56(38)64)46-24-18-30-54(58(46)66-8)62-51-27-15-11-21-43(51)44-22-12-16-28-52(44)62/h9-30,33-36,63-64H,31-32H2,1-8H3. The van der Waals surface area contributed by atoms with E-state index in [0.717, 1.165) is 88.4 Å². The van der Waals surface area contributed by atoms with Gasteiger partial charge in [-0.3, -0.25) is 0 Å². The number of phenolic OH excluding ortho intramolecular Hbond substituents is 2. The fourth-order valence-corrected chi connectivity index (χ4v) is 9.94. The number of para-hydroxylation sites is 6. The monoisotopic (exact) mass is 868 g/mol. The number of benzene rings is 8. The second kappa shape index (κ2) is 16.2. The van der Waals surface area contributed by atoms with Crippen molar-refractivity contribution < 1.29 is 19.7 Å².